The molecule has 1 aliphatic carbocycles. The predicted molar refractivity (Wildman–Crippen MR) is 172 cm³/mol. The van der Waals surface area contributed by atoms with Gasteiger partial charge in [0.25, 0.3) is 0 Å². The lowest BCUT2D eigenvalue weighted by Crippen LogP contribution is -2.44. The van der Waals surface area contributed by atoms with Crippen LogP contribution in [0.5, 0.6) is 11.5 Å². The zero-order valence-corrected chi connectivity index (χ0v) is 26.5. The topological polar surface area (TPSA) is 107 Å². The monoisotopic (exact) mass is 634 g/mol. The summed E-state index contributed by atoms with van der Waals surface area (Å²) >= 11 is 0. The summed E-state index contributed by atoms with van der Waals surface area (Å²) in [5, 5.41) is 3.36. The van der Waals surface area contributed by atoms with E-state index in [-0.39, 0.29) is 17.8 Å². The lowest BCUT2D eigenvalue weighted by atomic mass is 9.75. The van der Waals surface area contributed by atoms with Crippen LogP contribution in [0.15, 0.2) is 60.9 Å². The first kappa shape index (κ1) is 33.2. The molecule has 4 N–H and O–H groups in total. The zero-order chi connectivity index (χ0) is 31.6. The van der Waals surface area contributed by atoms with E-state index in [1.165, 1.54) is 6.07 Å². The number of rotatable bonds is 8. The van der Waals surface area contributed by atoms with Gasteiger partial charge in [0.2, 0.25) is 0 Å². The van der Waals surface area contributed by atoms with Crippen LogP contribution in [0.4, 0.5) is 19.0 Å². The average Bonchev–Trinajstić information content (AvgIpc) is 3.05. The summed E-state index contributed by atoms with van der Waals surface area (Å²) in [6, 6.07) is 16.3. The van der Waals surface area contributed by atoms with Crippen molar-refractivity contribution >= 4 is 5.82 Å². The van der Waals surface area contributed by atoms with E-state index < -0.39 is 17.7 Å². The van der Waals surface area contributed by atoms with Crippen molar-refractivity contribution in [2.75, 3.05) is 45.3 Å². The molecule has 1 fully saturated rings. The molecule has 11 heteroatoms. The van der Waals surface area contributed by atoms with Crippen LogP contribution in [-0.2, 0) is 31.9 Å². The number of ether oxygens (including phenoxy) is 2. The highest BCUT2D eigenvalue weighted by atomic mass is 19.4. The number of benzene rings is 2. The lowest BCUT2D eigenvalue weighted by molar-refractivity contribution is -0.138. The van der Waals surface area contributed by atoms with Gasteiger partial charge >= 0.3 is 6.18 Å². The van der Waals surface area contributed by atoms with Crippen LogP contribution in [0.3, 0.4) is 0 Å². The van der Waals surface area contributed by atoms with E-state index in [1.807, 2.05) is 55.5 Å². The van der Waals surface area contributed by atoms with E-state index in [4.69, 9.17) is 14.5 Å². The average molecular weight is 635 g/mol. The second-order valence-electron chi connectivity index (χ2n) is 11.9. The SMILES string of the molecule is COc1ccc(Cc2cc(C(F)(F)F)c(C3Cc4ncnc(N5CCNCC5)c4CC3C)nc2Cc2ccc(OC)cc2)cc1.N. The fraction of sp³-hybridized carbons (Fsp3) is 0.400. The molecule has 1 aliphatic heterocycles. The van der Waals surface area contributed by atoms with Gasteiger partial charge in [0.05, 0.1) is 25.5 Å². The van der Waals surface area contributed by atoms with Crippen molar-refractivity contribution in [2.45, 2.75) is 44.7 Å². The number of hydrogen-bond acceptors (Lipinski definition) is 8. The largest absolute Gasteiger partial charge is 0.497 e. The molecule has 2 aromatic heterocycles. The van der Waals surface area contributed by atoms with Gasteiger partial charge in [-0.05, 0) is 72.2 Å². The van der Waals surface area contributed by atoms with Crippen LogP contribution in [0.1, 0.15) is 57.7 Å². The molecule has 46 heavy (non-hydrogen) atoms. The fourth-order valence-electron chi connectivity index (χ4n) is 6.54. The summed E-state index contributed by atoms with van der Waals surface area (Å²) < 4.78 is 55.2. The molecular weight excluding hydrogens is 593 g/mol. The minimum atomic E-state index is -4.56. The molecule has 3 heterocycles. The van der Waals surface area contributed by atoms with Crippen LogP contribution < -0.4 is 25.8 Å². The maximum Gasteiger partial charge on any atom is 0.418 e. The molecule has 0 amide bonds. The number of piperazine rings is 1. The van der Waals surface area contributed by atoms with Crippen LogP contribution in [0.2, 0.25) is 0 Å². The van der Waals surface area contributed by atoms with Crippen molar-refractivity contribution < 1.29 is 22.6 Å². The molecular formula is C35H41F3N6O2. The molecule has 0 bridgehead atoms. The quantitative estimate of drug-likeness (QED) is 0.237. The first-order valence-electron chi connectivity index (χ1n) is 15.4. The number of methoxy groups -OCH3 is 2. The van der Waals surface area contributed by atoms with E-state index in [9.17, 15) is 13.2 Å². The minimum absolute atomic E-state index is 0. The van der Waals surface area contributed by atoms with Crippen molar-refractivity contribution in [1.29, 1.82) is 0 Å². The summed E-state index contributed by atoms with van der Waals surface area (Å²) in [5.74, 6) is 1.79. The highest BCUT2D eigenvalue weighted by Crippen LogP contribution is 2.44. The Bertz CT molecular complexity index is 1620. The second kappa shape index (κ2) is 14.0. The van der Waals surface area contributed by atoms with Gasteiger partial charge < -0.3 is 25.8 Å². The molecule has 2 unspecified atom stereocenters. The molecule has 4 aromatic rings. The van der Waals surface area contributed by atoms with Gasteiger partial charge in [0, 0.05) is 55.5 Å². The predicted octanol–water partition coefficient (Wildman–Crippen LogP) is 6.18. The van der Waals surface area contributed by atoms with Crippen molar-refractivity contribution in [3.05, 3.63) is 106 Å². The van der Waals surface area contributed by atoms with E-state index in [2.05, 4.69) is 20.2 Å². The first-order chi connectivity index (χ1) is 21.7. The Hall–Kier alpha value is -4.22. The number of halogens is 3. The zero-order valence-electron chi connectivity index (χ0n) is 26.5. The van der Waals surface area contributed by atoms with Gasteiger partial charge in [-0.1, -0.05) is 31.2 Å². The Labute approximate surface area is 268 Å². The third kappa shape index (κ3) is 7.10. The summed E-state index contributed by atoms with van der Waals surface area (Å²) in [5.41, 5.74) is 4.32. The van der Waals surface area contributed by atoms with E-state index in [0.717, 1.165) is 60.1 Å². The van der Waals surface area contributed by atoms with Crippen LogP contribution >= 0.6 is 0 Å². The Balaban J connectivity index is 0.00000417. The number of nitrogens with one attached hydrogen (secondary N) is 1. The number of hydrogen-bond donors (Lipinski definition) is 2. The normalized spacial score (nSPS) is 18.0. The first-order valence-corrected chi connectivity index (χ1v) is 15.4. The summed E-state index contributed by atoms with van der Waals surface area (Å²) in [7, 11) is 3.19. The third-order valence-corrected chi connectivity index (χ3v) is 9.02. The smallest absolute Gasteiger partial charge is 0.418 e. The van der Waals surface area contributed by atoms with E-state index >= 15 is 0 Å². The van der Waals surface area contributed by atoms with Crippen molar-refractivity contribution in [3.8, 4) is 11.5 Å². The molecule has 2 aromatic carbocycles. The van der Waals surface area contributed by atoms with Crippen molar-refractivity contribution in [1.82, 2.24) is 26.4 Å². The number of alkyl halides is 3. The second-order valence-corrected chi connectivity index (χ2v) is 11.9. The number of fused-ring (bicyclic) bond motifs is 1. The molecule has 1 saturated heterocycles. The Kier molecular flexibility index (Phi) is 10.1. The van der Waals surface area contributed by atoms with Crippen molar-refractivity contribution in [2.24, 2.45) is 5.92 Å². The Morgan fingerprint density at radius 3 is 2.07 bits per heavy atom. The molecule has 2 aliphatic rings. The highest BCUT2D eigenvalue weighted by molar-refractivity contribution is 5.52. The number of aromatic nitrogens is 3. The fourth-order valence-corrected chi connectivity index (χ4v) is 6.54. The van der Waals surface area contributed by atoms with Gasteiger partial charge in [-0.3, -0.25) is 4.98 Å². The van der Waals surface area contributed by atoms with Gasteiger partial charge in [0.15, 0.2) is 0 Å². The molecule has 0 saturated carbocycles. The van der Waals surface area contributed by atoms with E-state index in [1.54, 1.807) is 20.5 Å². The maximum atomic E-state index is 14.9. The van der Waals surface area contributed by atoms with Crippen molar-refractivity contribution in [3.63, 3.8) is 0 Å². The number of nitrogens with zero attached hydrogens (tertiary/aromatic N) is 4. The highest BCUT2D eigenvalue weighted by Gasteiger charge is 2.41. The van der Waals surface area contributed by atoms with E-state index in [0.29, 0.717) is 42.7 Å². The Morgan fingerprint density at radius 1 is 0.870 bits per heavy atom. The molecule has 2 atom stereocenters. The van der Waals surface area contributed by atoms with Gasteiger partial charge in [0.1, 0.15) is 23.6 Å². The summed E-state index contributed by atoms with van der Waals surface area (Å²) in [4.78, 5) is 16.4. The summed E-state index contributed by atoms with van der Waals surface area (Å²) in [6.07, 6.45) is -1.32. The molecule has 244 valence electrons. The molecule has 0 radical (unpaired) electrons. The lowest BCUT2D eigenvalue weighted by Gasteiger charge is -2.35. The Morgan fingerprint density at radius 2 is 1.48 bits per heavy atom. The van der Waals surface area contributed by atoms with Gasteiger partial charge in [-0.15, -0.1) is 0 Å². The molecule has 8 nitrogen and oxygen atoms in total. The van der Waals surface area contributed by atoms with Gasteiger partial charge in [-0.2, -0.15) is 13.2 Å². The summed E-state index contributed by atoms with van der Waals surface area (Å²) in [6.45, 7) is 5.44. The molecule has 6 rings (SSSR count). The van der Waals surface area contributed by atoms with Crippen LogP contribution in [0.25, 0.3) is 0 Å². The van der Waals surface area contributed by atoms with Gasteiger partial charge in [-0.25, -0.2) is 9.97 Å². The maximum absolute atomic E-state index is 14.9. The standard InChI is InChI=1S/C35H38F3N5O2.H3N/c1-22-16-29-32(40-21-41-34(29)43-14-12-39-13-15-43)20-28(22)33-30(35(36,37)38)19-25(17-23-4-8-26(44-2)9-5-23)31(42-33)18-24-6-10-27(45-3)11-7-24;/h4-11,19,21-22,28,39H,12-18,20H2,1-3H3;1H3. The van der Waals surface area contributed by atoms with Crippen LogP contribution in [0, 0.1) is 5.92 Å². The number of pyridine rings is 1. The van der Waals surface area contributed by atoms with Crippen LogP contribution in [-0.4, -0.2) is 55.4 Å². The molecule has 0 spiro atoms. The minimum Gasteiger partial charge on any atom is -0.497 e. The number of anilines is 1. The third-order valence-electron chi connectivity index (χ3n) is 9.02.